The Bertz CT molecular complexity index is 59.5. The molecule has 0 amide bonds. The summed E-state index contributed by atoms with van der Waals surface area (Å²) in [5.41, 5.74) is 19.3. The molecule has 0 bridgehead atoms. The van der Waals surface area contributed by atoms with E-state index in [0.29, 0.717) is 0 Å². The summed E-state index contributed by atoms with van der Waals surface area (Å²) in [4.78, 5) is 0. The van der Waals surface area contributed by atoms with Crippen molar-refractivity contribution in [2.45, 2.75) is 12.0 Å². The zero-order valence-electron chi connectivity index (χ0n) is 4.15. The summed E-state index contributed by atoms with van der Waals surface area (Å²) in [6.07, 6.45) is -1.37. The molecular weight excluding hydrogens is 155 g/mol. The molecule has 9 N–H and O–H groups in total. The Hall–Kier alpha value is 0.294. The molecule has 0 fully saturated rings. The second kappa shape index (κ2) is 3.34. The number of aliphatic hydroxyl groups is 1. The van der Waals surface area contributed by atoms with Gasteiger partial charge in [-0.25, -0.2) is 0 Å². The average Bonchev–Trinajstić information content (AvgIpc) is 1.31. The molecule has 8 heavy (non-hydrogen) atoms. The van der Waals surface area contributed by atoms with Gasteiger partial charge in [0.15, 0.2) is 5.79 Å². The molecule has 5 nitrogen and oxygen atoms in total. The molecule has 0 aromatic carbocycles. The summed E-state index contributed by atoms with van der Waals surface area (Å²) in [6.45, 7) is 0. The average molecular weight is 165 g/mol. The van der Waals surface area contributed by atoms with Gasteiger partial charge in [-0.3, -0.25) is 17.2 Å². The van der Waals surface area contributed by atoms with E-state index in [-0.39, 0.29) is 16.5 Å². The smallest absolute Gasteiger partial charge is 0.156 e. The minimum Gasteiger partial charge on any atom is -0.374 e. The van der Waals surface area contributed by atoms with Crippen molar-refractivity contribution in [1.82, 2.24) is 0 Å². The van der Waals surface area contributed by atoms with Gasteiger partial charge in [-0.15, -0.1) is 0 Å². The van der Waals surface area contributed by atoms with Gasteiger partial charge in [-0.05, 0) is 0 Å². The fourth-order valence-electron chi connectivity index (χ4n) is 0. The molecule has 0 rings (SSSR count). The van der Waals surface area contributed by atoms with Crippen LogP contribution in [0.5, 0.6) is 0 Å². The van der Waals surface area contributed by atoms with Crippen LogP contribution in [0.2, 0.25) is 0 Å². The predicted octanol–water partition coefficient (Wildman–Crippen LogP) is -3.21. The minimum absolute atomic E-state index is 0. The summed E-state index contributed by atoms with van der Waals surface area (Å²) in [5.74, 6) is -1.67. The van der Waals surface area contributed by atoms with Gasteiger partial charge in [-0.1, -0.05) is 0 Å². The SMILES string of the molecule is NC(O)C(N)(N)N.[Ni]. The van der Waals surface area contributed by atoms with E-state index in [1.165, 1.54) is 0 Å². The summed E-state index contributed by atoms with van der Waals surface area (Å²) in [7, 11) is 0. The molecule has 0 heterocycles. The maximum absolute atomic E-state index is 8.29. The van der Waals surface area contributed by atoms with Crippen molar-refractivity contribution < 1.29 is 21.6 Å². The van der Waals surface area contributed by atoms with E-state index in [1.807, 2.05) is 0 Å². The number of hydrogen-bond acceptors (Lipinski definition) is 5. The number of aliphatic hydroxyl groups excluding tert-OH is 1. The fourth-order valence-corrected chi connectivity index (χ4v) is 0. The first kappa shape index (κ1) is 11.1. The van der Waals surface area contributed by atoms with Crippen LogP contribution in [0.15, 0.2) is 0 Å². The molecule has 54 valence electrons. The van der Waals surface area contributed by atoms with Crippen molar-refractivity contribution in [1.29, 1.82) is 0 Å². The Morgan fingerprint density at radius 3 is 1.38 bits per heavy atom. The molecule has 0 aliphatic carbocycles. The summed E-state index contributed by atoms with van der Waals surface area (Å²) in [6, 6.07) is 0. The van der Waals surface area contributed by atoms with Gasteiger partial charge >= 0.3 is 0 Å². The van der Waals surface area contributed by atoms with E-state index in [0.717, 1.165) is 0 Å². The second-order valence-corrected chi connectivity index (χ2v) is 1.44. The van der Waals surface area contributed by atoms with Crippen molar-refractivity contribution in [3.05, 3.63) is 0 Å². The summed E-state index contributed by atoms with van der Waals surface area (Å²) >= 11 is 0. The third-order valence-electron chi connectivity index (χ3n) is 0.512. The van der Waals surface area contributed by atoms with Gasteiger partial charge in [0.1, 0.15) is 6.23 Å². The van der Waals surface area contributed by atoms with Gasteiger partial charge < -0.3 is 10.8 Å². The molecule has 0 aromatic rings. The standard InChI is InChI=1S/C2H10N4O.Ni/c3-1(7)2(4,5)6;/h1,7H,3-6H2;. The monoisotopic (exact) mass is 164 g/mol. The first-order valence-electron chi connectivity index (χ1n) is 1.75. The Balaban J connectivity index is 0. The van der Waals surface area contributed by atoms with E-state index >= 15 is 0 Å². The van der Waals surface area contributed by atoms with Crippen LogP contribution in [0.3, 0.4) is 0 Å². The van der Waals surface area contributed by atoms with E-state index < -0.39 is 12.0 Å². The molecule has 0 saturated carbocycles. The maximum Gasteiger partial charge on any atom is 0.156 e. The maximum atomic E-state index is 8.29. The number of rotatable bonds is 1. The molecule has 0 aliphatic rings. The Morgan fingerprint density at radius 2 is 1.38 bits per heavy atom. The van der Waals surface area contributed by atoms with Crippen molar-refractivity contribution in [3.63, 3.8) is 0 Å². The van der Waals surface area contributed by atoms with Gasteiger partial charge in [0.05, 0.1) is 0 Å². The molecule has 6 heteroatoms. The van der Waals surface area contributed by atoms with Crippen LogP contribution in [-0.2, 0) is 16.5 Å². The van der Waals surface area contributed by atoms with Crippen molar-refractivity contribution in [2.75, 3.05) is 0 Å². The van der Waals surface area contributed by atoms with Crippen molar-refractivity contribution in [2.24, 2.45) is 22.9 Å². The number of nitrogens with two attached hydrogens (primary N) is 4. The minimum atomic E-state index is -1.67. The third-order valence-corrected chi connectivity index (χ3v) is 0.512. The molecular formula is C2H10N4NiO. The molecule has 0 aromatic heterocycles. The van der Waals surface area contributed by atoms with Gasteiger partial charge in [0, 0.05) is 16.5 Å². The topological polar surface area (TPSA) is 124 Å². The molecule has 0 saturated heterocycles. The first-order valence-corrected chi connectivity index (χ1v) is 1.75. The normalized spacial score (nSPS) is 14.6. The van der Waals surface area contributed by atoms with Crippen LogP contribution in [0.1, 0.15) is 0 Å². The van der Waals surface area contributed by atoms with Crippen LogP contribution in [-0.4, -0.2) is 17.1 Å². The first-order chi connectivity index (χ1) is 2.94. The van der Waals surface area contributed by atoms with Crippen LogP contribution in [0.25, 0.3) is 0 Å². The van der Waals surface area contributed by atoms with E-state index in [4.69, 9.17) is 28.0 Å². The Kier molecular flexibility index (Phi) is 4.66. The fraction of sp³-hybridized carbons (Fsp3) is 1.00. The number of hydrogen-bond donors (Lipinski definition) is 5. The van der Waals surface area contributed by atoms with Gasteiger partial charge in [-0.2, -0.15) is 0 Å². The summed E-state index contributed by atoms with van der Waals surface area (Å²) < 4.78 is 0. The zero-order valence-corrected chi connectivity index (χ0v) is 5.14. The molecule has 0 aliphatic heterocycles. The van der Waals surface area contributed by atoms with E-state index in [9.17, 15) is 0 Å². The predicted molar refractivity (Wildman–Crippen MR) is 25.5 cm³/mol. The van der Waals surface area contributed by atoms with Crippen molar-refractivity contribution in [3.8, 4) is 0 Å². The molecule has 1 atom stereocenters. The Labute approximate surface area is 57.3 Å². The van der Waals surface area contributed by atoms with Gasteiger partial charge in [0.2, 0.25) is 0 Å². The second-order valence-electron chi connectivity index (χ2n) is 1.44. The Morgan fingerprint density at radius 1 is 1.25 bits per heavy atom. The quantitative estimate of drug-likeness (QED) is 0.206. The zero-order chi connectivity index (χ0) is 6.08. The molecule has 0 spiro atoms. The summed E-state index contributed by atoms with van der Waals surface area (Å²) in [5, 5.41) is 8.29. The molecule has 1 unspecified atom stereocenters. The van der Waals surface area contributed by atoms with E-state index in [2.05, 4.69) is 0 Å². The molecule has 0 radical (unpaired) electrons. The largest absolute Gasteiger partial charge is 0.374 e. The third kappa shape index (κ3) is 4.45. The van der Waals surface area contributed by atoms with E-state index in [1.54, 1.807) is 0 Å². The van der Waals surface area contributed by atoms with Crippen LogP contribution >= 0.6 is 0 Å². The van der Waals surface area contributed by atoms with Crippen molar-refractivity contribution >= 4 is 0 Å². The van der Waals surface area contributed by atoms with Crippen LogP contribution in [0.4, 0.5) is 0 Å². The van der Waals surface area contributed by atoms with Crippen LogP contribution in [0, 0.1) is 0 Å². The van der Waals surface area contributed by atoms with Gasteiger partial charge in [0.25, 0.3) is 0 Å². The van der Waals surface area contributed by atoms with Crippen LogP contribution < -0.4 is 22.9 Å².